The molecular formula is C14H12Cl2FNO. The second-order valence-corrected chi connectivity index (χ2v) is 4.79. The molecule has 0 spiro atoms. The number of ether oxygens (including phenoxy) is 1. The highest BCUT2D eigenvalue weighted by atomic mass is 35.5. The molecular weight excluding hydrogens is 288 g/mol. The van der Waals surface area contributed by atoms with Crippen LogP contribution in [0.4, 0.5) is 4.39 Å². The maximum absolute atomic E-state index is 14.2. The lowest BCUT2D eigenvalue weighted by molar-refractivity contribution is 0.383. The number of halogens is 3. The first-order valence-electron chi connectivity index (χ1n) is 5.58. The minimum atomic E-state index is -0.753. The first kappa shape index (κ1) is 14.1. The fourth-order valence-corrected chi connectivity index (χ4v) is 2.52. The van der Waals surface area contributed by atoms with E-state index < -0.39 is 11.9 Å². The minimum absolute atomic E-state index is 0.135. The second-order valence-electron chi connectivity index (χ2n) is 3.98. The van der Waals surface area contributed by atoms with Crippen LogP contribution in [0.5, 0.6) is 5.75 Å². The zero-order valence-electron chi connectivity index (χ0n) is 10.2. The molecule has 100 valence electrons. The van der Waals surface area contributed by atoms with E-state index in [9.17, 15) is 4.39 Å². The Balaban J connectivity index is 2.53. The molecule has 0 saturated heterocycles. The van der Waals surface area contributed by atoms with Gasteiger partial charge in [-0.15, -0.1) is 0 Å². The van der Waals surface area contributed by atoms with Gasteiger partial charge in [-0.05, 0) is 18.2 Å². The van der Waals surface area contributed by atoms with Crippen molar-refractivity contribution in [2.45, 2.75) is 6.04 Å². The van der Waals surface area contributed by atoms with Crippen LogP contribution in [0.1, 0.15) is 17.2 Å². The predicted molar refractivity (Wildman–Crippen MR) is 75.4 cm³/mol. The van der Waals surface area contributed by atoms with E-state index in [0.29, 0.717) is 15.6 Å². The smallest absolute Gasteiger partial charge is 0.170 e. The van der Waals surface area contributed by atoms with Gasteiger partial charge in [0, 0.05) is 21.2 Å². The fourth-order valence-electron chi connectivity index (χ4n) is 1.89. The van der Waals surface area contributed by atoms with Crippen molar-refractivity contribution < 1.29 is 9.13 Å². The lowest BCUT2D eigenvalue weighted by atomic mass is 9.98. The van der Waals surface area contributed by atoms with Crippen molar-refractivity contribution in [3.8, 4) is 5.75 Å². The predicted octanol–water partition coefficient (Wildman–Crippen LogP) is 4.19. The van der Waals surface area contributed by atoms with Gasteiger partial charge < -0.3 is 10.5 Å². The molecule has 2 aromatic carbocycles. The maximum atomic E-state index is 14.2. The summed E-state index contributed by atoms with van der Waals surface area (Å²) in [6.07, 6.45) is 0. The van der Waals surface area contributed by atoms with E-state index >= 15 is 0 Å². The Hall–Kier alpha value is -1.29. The molecule has 19 heavy (non-hydrogen) atoms. The molecule has 2 rings (SSSR count). The van der Waals surface area contributed by atoms with Crippen molar-refractivity contribution in [3.05, 3.63) is 63.4 Å². The summed E-state index contributed by atoms with van der Waals surface area (Å²) in [4.78, 5) is 0. The van der Waals surface area contributed by atoms with Gasteiger partial charge in [0.2, 0.25) is 0 Å². The molecule has 0 saturated carbocycles. The van der Waals surface area contributed by atoms with Crippen molar-refractivity contribution in [1.82, 2.24) is 0 Å². The average Bonchev–Trinajstić information content (AvgIpc) is 2.38. The Morgan fingerprint density at radius 2 is 1.68 bits per heavy atom. The zero-order valence-corrected chi connectivity index (χ0v) is 11.7. The van der Waals surface area contributed by atoms with Crippen LogP contribution in [-0.4, -0.2) is 7.11 Å². The monoisotopic (exact) mass is 299 g/mol. The minimum Gasteiger partial charge on any atom is -0.494 e. The van der Waals surface area contributed by atoms with E-state index in [1.807, 2.05) is 0 Å². The normalized spacial score (nSPS) is 12.3. The summed E-state index contributed by atoms with van der Waals surface area (Å²) >= 11 is 12.2. The number of hydrogen-bond acceptors (Lipinski definition) is 2. The molecule has 0 heterocycles. The summed E-state index contributed by atoms with van der Waals surface area (Å²) < 4.78 is 19.1. The van der Waals surface area contributed by atoms with Crippen LogP contribution in [-0.2, 0) is 0 Å². The van der Waals surface area contributed by atoms with Gasteiger partial charge in [-0.1, -0.05) is 41.4 Å². The second kappa shape index (κ2) is 5.78. The zero-order chi connectivity index (χ0) is 14.0. The number of methoxy groups -OCH3 is 1. The Kier molecular flexibility index (Phi) is 4.30. The third-order valence-corrected chi connectivity index (χ3v) is 3.52. The SMILES string of the molecule is COc1cccc(C(N)c2c(Cl)cccc2Cl)c1F. The molecule has 5 heteroatoms. The molecule has 2 N–H and O–H groups in total. The van der Waals surface area contributed by atoms with E-state index in [1.165, 1.54) is 13.2 Å². The molecule has 0 radical (unpaired) electrons. The van der Waals surface area contributed by atoms with Crippen molar-refractivity contribution in [3.63, 3.8) is 0 Å². The lowest BCUT2D eigenvalue weighted by Crippen LogP contribution is -2.15. The van der Waals surface area contributed by atoms with Crippen molar-refractivity contribution in [2.24, 2.45) is 5.73 Å². The third kappa shape index (κ3) is 2.68. The topological polar surface area (TPSA) is 35.2 Å². The largest absolute Gasteiger partial charge is 0.494 e. The molecule has 0 aliphatic carbocycles. The molecule has 0 aromatic heterocycles. The highest BCUT2D eigenvalue weighted by Gasteiger charge is 2.20. The van der Waals surface area contributed by atoms with Gasteiger partial charge in [-0.3, -0.25) is 0 Å². The molecule has 0 aliphatic rings. The van der Waals surface area contributed by atoms with Crippen molar-refractivity contribution >= 4 is 23.2 Å². The number of rotatable bonds is 3. The molecule has 0 aliphatic heterocycles. The Morgan fingerprint density at radius 1 is 1.11 bits per heavy atom. The third-order valence-electron chi connectivity index (χ3n) is 2.86. The van der Waals surface area contributed by atoms with Gasteiger partial charge in [0.05, 0.1) is 13.2 Å². The van der Waals surface area contributed by atoms with Crippen LogP contribution < -0.4 is 10.5 Å². The first-order chi connectivity index (χ1) is 9.06. The quantitative estimate of drug-likeness (QED) is 0.922. The molecule has 1 unspecified atom stereocenters. The van der Waals surface area contributed by atoms with E-state index in [0.717, 1.165) is 0 Å². The molecule has 0 fully saturated rings. The number of hydrogen-bond donors (Lipinski definition) is 1. The van der Waals surface area contributed by atoms with Crippen LogP contribution in [0, 0.1) is 5.82 Å². The Bertz CT molecular complexity index is 584. The van der Waals surface area contributed by atoms with Crippen LogP contribution in [0.25, 0.3) is 0 Å². The molecule has 0 amide bonds. The summed E-state index contributed by atoms with van der Waals surface area (Å²) in [5, 5.41) is 0.810. The number of nitrogens with two attached hydrogens (primary N) is 1. The lowest BCUT2D eigenvalue weighted by Gasteiger charge is -2.17. The van der Waals surface area contributed by atoms with Gasteiger partial charge >= 0.3 is 0 Å². The molecule has 1 atom stereocenters. The maximum Gasteiger partial charge on any atom is 0.170 e. The van der Waals surface area contributed by atoms with Gasteiger partial charge in [-0.2, -0.15) is 0 Å². The summed E-state index contributed by atoms with van der Waals surface area (Å²) in [6.45, 7) is 0. The van der Waals surface area contributed by atoms with Crippen molar-refractivity contribution in [2.75, 3.05) is 7.11 Å². The van der Waals surface area contributed by atoms with Crippen molar-refractivity contribution in [1.29, 1.82) is 0 Å². The van der Waals surface area contributed by atoms with E-state index in [1.54, 1.807) is 30.3 Å². The van der Waals surface area contributed by atoms with E-state index in [2.05, 4.69) is 0 Å². The Labute approximate surface area is 120 Å². The van der Waals surface area contributed by atoms with Crippen LogP contribution in [0.2, 0.25) is 10.0 Å². The fraction of sp³-hybridized carbons (Fsp3) is 0.143. The van der Waals surface area contributed by atoms with Gasteiger partial charge in [0.1, 0.15) is 0 Å². The number of benzene rings is 2. The molecule has 2 nitrogen and oxygen atoms in total. The summed E-state index contributed by atoms with van der Waals surface area (Å²) in [5.41, 5.74) is 6.86. The highest BCUT2D eigenvalue weighted by Crippen LogP contribution is 2.35. The van der Waals surface area contributed by atoms with Crippen LogP contribution in [0.15, 0.2) is 36.4 Å². The summed E-state index contributed by atoms with van der Waals surface area (Å²) in [7, 11) is 1.40. The first-order valence-corrected chi connectivity index (χ1v) is 6.33. The summed E-state index contributed by atoms with van der Waals surface area (Å²) in [5.74, 6) is -0.371. The van der Waals surface area contributed by atoms with E-state index in [-0.39, 0.29) is 11.3 Å². The van der Waals surface area contributed by atoms with E-state index in [4.69, 9.17) is 33.7 Å². The van der Waals surface area contributed by atoms with Gasteiger partial charge in [0.15, 0.2) is 11.6 Å². The van der Waals surface area contributed by atoms with Crippen LogP contribution in [0.3, 0.4) is 0 Å². The average molecular weight is 300 g/mol. The van der Waals surface area contributed by atoms with Gasteiger partial charge in [-0.25, -0.2) is 4.39 Å². The standard InChI is InChI=1S/C14H12Cl2FNO/c1-19-11-7-2-4-8(13(11)17)14(18)12-9(15)5-3-6-10(12)16/h2-7,14H,18H2,1H3. The Morgan fingerprint density at radius 3 is 2.26 bits per heavy atom. The molecule has 0 bridgehead atoms. The highest BCUT2D eigenvalue weighted by molar-refractivity contribution is 6.36. The van der Waals surface area contributed by atoms with Crippen LogP contribution >= 0.6 is 23.2 Å². The summed E-state index contributed by atoms with van der Waals surface area (Å²) in [6, 6.07) is 9.07. The van der Waals surface area contributed by atoms with Gasteiger partial charge in [0.25, 0.3) is 0 Å². The molecule has 2 aromatic rings.